The molecule has 3 N–H and O–H groups in total. The maximum atomic E-state index is 12.5. The van der Waals surface area contributed by atoms with Gasteiger partial charge in [-0.05, 0) is 51.4 Å². The molecule has 6 heteroatoms. The van der Waals surface area contributed by atoms with Gasteiger partial charge in [0, 0.05) is 12.8 Å². The number of esters is 1. The molecule has 0 fully saturated rings. The van der Waals surface area contributed by atoms with Crippen LogP contribution in [0.4, 0.5) is 0 Å². The summed E-state index contributed by atoms with van der Waals surface area (Å²) < 4.78 is 5.51. The average molecular weight is 1190 g/mol. The third kappa shape index (κ3) is 69.7. The summed E-state index contributed by atoms with van der Waals surface area (Å²) in [6.45, 7) is 4.99. The first-order valence-electron chi connectivity index (χ1n) is 38.9. The maximum absolute atomic E-state index is 12.5. The molecule has 0 spiro atoms. The van der Waals surface area contributed by atoms with Gasteiger partial charge in [0.05, 0.1) is 25.4 Å². The third-order valence-electron chi connectivity index (χ3n) is 18.6. The predicted octanol–water partition coefficient (Wildman–Crippen LogP) is 25.5. The SMILES string of the molecule is CCCCCCCCC/C=C\CCCCCCCCCC(=O)OCCCCCCCCCCCCCCCCCCCCCCCCCCCCCCCCCCCCCCCC(=O)NC(CO)C(O)CCCCCCCCCCCCCC. The van der Waals surface area contributed by atoms with Crippen LogP contribution in [0.5, 0.6) is 0 Å². The minimum absolute atomic E-state index is 0.0215. The van der Waals surface area contributed by atoms with Gasteiger partial charge in [-0.15, -0.1) is 0 Å². The van der Waals surface area contributed by atoms with Crippen molar-refractivity contribution in [2.45, 2.75) is 463 Å². The molecule has 2 atom stereocenters. The highest BCUT2D eigenvalue weighted by molar-refractivity contribution is 5.76. The zero-order valence-electron chi connectivity index (χ0n) is 57.4. The highest BCUT2D eigenvalue weighted by atomic mass is 16.5. The van der Waals surface area contributed by atoms with E-state index in [4.69, 9.17) is 4.74 Å². The summed E-state index contributed by atoms with van der Waals surface area (Å²) in [5, 5.41) is 23.3. The lowest BCUT2D eigenvalue weighted by atomic mass is 10.0. The van der Waals surface area contributed by atoms with E-state index in [1.54, 1.807) is 0 Å². The Balaban J connectivity index is 3.27. The van der Waals surface area contributed by atoms with E-state index in [-0.39, 0.29) is 18.5 Å². The lowest BCUT2D eigenvalue weighted by Gasteiger charge is -2.22. The van der Waals surface area contributed by atoms with Crippen LogP contribution in [0.25, 0.3) is 0 Å². The van der Waals surface area contributed by atoms with Crippen LogP contribution in [0, 0.1) is 0 Å². The first-order valence-corrected chi connectivity index (χ1v) is 38.9. The second-order valence-corrected chi connectivity index (χ2v) is 27.0. The summed E-state index contributed by atoms with van der Waals surface area (Å²) in [5.41, 5.74) is 0. The normalized spacial score (nSPS) is 12.5. The fourth-order valence-corrected chi connectivity index (χ4v) is 12.6. The second-order valence-electron chi connectivity index (χ2n) is 27.0. The van der Waals surface area contributed by atoms with Gasteiger partial charge in [0.2, 0.25) is 5.91 Å². The van der Waals surface area contributed by atoms with Crippen LogP contribution in [0.1, 0.15) is 450 Å². The zero-order valence-corrected chi connectivity index (χ0v) is 57.4. The van der Waals surface area contributed by atoms with Crippen molar-refractivity contribution in [2.75, 3.05) is 13.2 Å². The molecule has 0 aromatic carbocycles. The Hall–Kier alpha value is -1.40. The fourth-order valence-electron chi connectivity index (χ4n) is 12.6. The quantitative estimate of drug-likeness (QED) is 0.0320. The van der Waals surface area contributed by atoms with Gasteiger partial charge < -0.3 is 20.3 Å². The van der Waals surface area contributed by atoms with Crippen LogP contribution < -0.4 is 5.32 Å². The third-order valence-corrected chi connectivity index (χ3v) is 18.6. The van der Waals surface area contributed by atoms with Gasteiger partial charge in [0.1, 0.15) is 0 Å². The molecule has 0 heterocycles. The number of carbonyl (C=O) groups excluding carboxylic acids is 2. The Morgan fingerprint density at radius 2 is 0.560 bits per heavy atom. The number of carbonyl (C=O) groups is 2. The largest absolute Gasteiger partial charge is 0.466 e. The molecule has 0 radical (unpaired) electrons. The van der Waals surface area contributed by atoms with Crippen molar-refractivity contribution in [3.63, 3.8) is 0 Å². The lowest BCUT2D eigenvalue weighted by Crippen LogP contribution is -2.45. The van der Waals surface area contributed by atoms with E-state index in [2.05, 4.69) is 31.3 Å². The first kappa shape index (κ1) is 82.6. The molecule has 1 amide bonds. The number of hydrogen-bond acceptors (Lipinski definition) is 5. The topological polar surface area (TPSA) is 95.9 Å². The van der Waals surface area contributed by atoms with Gasteiger partial charge in [-0.1, -0.05) is 398 Å². The number of aliphatic hydroxyl groups excluding tert-OH is 2. The van der Waals surface area contributed by atoms with Crippen LogP contribution in [0.3, 0.4) is 0 Å². The van der Waals surface area contributed by atoms with Crippen LogP contribution in [-0.4, -0.2) is 47.4 Å². The number of nitrogens with one attached hydrogen (secondary N) is 1. The van der Waals surface area contributed by atoms with E-state index in [9.17, 15) is 19.8 Å². The number of rotatable bonds is 74. The molecule has 0 aliphatic rings. The Labute approximate surface area is 527 Å². The second kappa shape index (κ2) is 74.1. The van der Waals surface area contributed by atoms with Crippen molar-refractivity contribution in [3.8, 4) is 0 Å². The number of ether oxygens (including phenoxy) is 1. The van der Waals surface area contributed by atoms with Gasteiger partial charge in [-0.25, -0.2) is 0 Å². The Kier molecular flexibility index (Phi) is 72.8. The van der Waals surface area contributed by atoms with Crippen LogP contribution >= 0.6 is 0 Å². The van der Waals surface area contributed by atoms with E-state index < -0.39 is 12.1 Å². The van der Waals surface area contributed by atoms with Crippen molar-refractivity contribution in [1.82, 2.24) is 5.32 Å². The van der Waals surface area contributed by atoms with E-state index in [0.717, 1.165) is 38.5 Å². The Morgan fingerprint density at radius 3 is 0.845 bits per heavy atom. The molecule has 0 bridgehead atoms. The summed E-state index contributed by atoms with van der Waals surface area (Å²) in [5.74, 6) is -0.00537. The highest BCUT2D eigenvalue weighted by Gasteiger charge is 2.20. The first-order chi connectivity index (χ1) is 41.5. The molecule has 0 aromatic rings. The zero-order chi connectivity index (χ0) is 60.6. The average Bonchev–Trinajstić information content (AvgIpc) is 3.51. The number of hydrogen-bond donors (Lipinski definition) is 3. The molecule has 6 nitrogen and oxygen atoms in total. The molecule has 84 heavy (non-hydrogen) atoms. The lowest BCUT2D eigenvalue weighted by molar-refractivity contribution is -0.143. The number of aliphatic hydroxyl groups is 2. The molecular weight excluding hydrogens is 1030 g/mol. The molecule has 0 saturated carbocycles. The van der Waals surface area contributed by atoms with Crippen LogP contribution in [-0.2, 0) is 14.3 Å². The predicted molar refractivity (Wildman–Crippen MR) is 370 cm³/mol. The van der Waals surface area contributed by atoms with E-state index in [1.807, 2.05) is 0 Å². The van der Waals surface area contributed by atoms with Crippen LogP contribution in [0.2, 0.25) is 0 Å². The minimum Gasteiger partial charge on any atom is -0.466 e. The highest BCUT2D eigenvalue weighted by Crippen LogP contribution is 2.20. The van der Waals surface area contributed by atoms with Gasteiger partial charge >= 0.3 is 5.97 Å². The number of allylic oxidation sites excluding steroid dienone is 2. The van der Waals surface area contributed by atoms with E-state index in [0.29, 0.717) is 25.9 Å². The summed E-state index contributed by atoms with van der Waals surface area (Å²) in [6.07, 6.45) is 93.2. The Bertz CT molecular complexity index is 1270. The maximum Gasteiger partial charge on any atom is 0.305 e. The molecule has 500 valence electrons. The summed E-state index contributed by atoms with van der Waals surface area (Å²) in [7, 11) is 0. The standard InChI is InChI=1S/C78H153NO5/c1-3-5-7-9-11-13-15-17-18-19-42-45-48-52-56-60-64-68-72-78(83)84-73-69-65-61-57-53-49-46-43-40-38-36-34-32-30-28-26-24-22-20-21-23-25-27-29-31-33-35-37-39-41-44-47-51-55-59-63-67-71-77(82)79-75(74-80)76(81)70-66-62-58-54-50-16-14-12-10-8-6-4-2/h18-19,75-76,80-81H,3-17,20-74H2,1-2H3,(H,79,82)/b19-18-. The summed E-state index contributed by atoms with van der Waals surface area (Å²) in [6, 6.07) is -0.535. The fraction of sp³-hybridized carbons (Fsp3) is 0.949. The summed E-state index contributed by atoms with van der Waals surface area (Å²) in [4.78, 5) is 24.6. The van der Waals surface area contributed by atoms with E-state index in [1.165, 1.54) is 379 Å². The van der Waals surface area contributed by atoms with Crippen molar-refractivity contribution < 1.29 is 24.5 Å². The van der Waals surface area contributed by atoms with Crippen LogP contribution in [0.15, 0.2) is 12.2 Å². The number of amides is 1. The van der Waals surface area contributed by atoms with Gasteiger partial charge in [-0.2, -0.15) is 0 Å². The minimum atomic E-state index is -0.658. The van der Waals surface area contributed by atoms with Crippen molar-refractivity contribution in [3.05, 3.63) is 12.2 Å². The number of unbranched alkanes of at least 4 members (excludes halogenated alkanes) is 61. The summed E-state index contributed by atoms with van der Waals surface area (Å²) >= 11 is 0. The van der Waals surface area contributed by atoms with Gasteiger partial charge in [0.25, 0.3) is 0 Å². The monoisotopic (exact) mass is 1180 g/mol. The molecule has 0 aliphatic heterocycles. The van der Waals surface area contributed by atoms with Gasteiger partial charge in [0.15, 0.2) is 0 Å². The molecule has 0 aromatic heterocycles. The molecule has 2 unspecified atom stereocenters. The molecule has 0 saturated heterocycles. The molecule has 0 aliphatic carbocycles. The van der Waals surface area contributed by atoms with Crippen molar-refractivity contribution in [1.29, 1.82) is 0 Å². The molecule has 0 rings (SSSR count). The Morgan fingerprint density at radius 1 is 0.321 bits per heavy atom. The van der Waals surface area contributed by atoms with Crippen molar-refractivity contribution in [2.24, 2.45) is 0 Å². The molecular formula is C78H153NO5. The van der Waals surface area contributed by atoms with Gasteiger partial charge in [-0.3, -0.25) is 9.59 Å². The smallest absolute Gasteiger partial charge is 0.305 e. The van der Waals surface area contributed by atoms with E-state index >= 15 is 0 Å². The van der Waals surface area contributed by atoms with Crippen molar-refractivity contribution >= 4 is 11.9 Å².